The molecule has 0 amide bonds. The Morgan fingerprint density at radius 1 is 1.30 bits per heavy atom. The lowest BCUT2D eigenvalue weighted by molar-refractivity contribution is 0.326. The van der Waals surface area contributed by atoms with E-state index >= 15 is 0 Å². The molecule has 1 aliphatic carbocycles. The molecule has 8 heteroatoms. The highest BCUT2D eigenvalue weighted by atomic mass is 32.2. The zero-order chi connectivity index (χ0) is 16.0. The van der Waals surface area contributed by atoms with Crippen molar-refractivity contribution in [2.75, 3.05) is 31.6 Å². The van der Waals surface area contributed by atoms with E-state index in [1.165, 1.54) is 4.31 Å². The quantitative estimate of drug-likeness (QED) is 0.808. The Labute approximate surface area is 135 Å². The normalized spacial score (nSPS) is 19.3. The van der Waals surface area contributed by atoms with Crippen molar-refractivity contribution in [3.8, 4) is 0 Å². The van der Waals surface area contributed by atoms with E-state index < -0.39 is 10.0 Å². The first-order valence-corrected chi connectivity index (χ1v) is 9.31. The van der Waals surface area contributed by atoms with Gasteiger partial charge in [0.1, 0.15) is 12.1 Å². The van der Waals surface area contributed by atoms with Crippen LogP contribution in [0.1, 0.15) is 12.8 Å². The lowest BCUT2D eigenvalue weighted by Gasteiger charge is -2.41. The molecule has 2 aromatic rings. The van der Waals surface area contributed by atoms with Gasteiger partial charge < -0.3 is 4.90 Å². The monoisotopic (exact) mass is 333 g/mol. The van der Waals surface area contributed by atoms with E-state index in [0.29, 0.717) is 12.5 Å². The van der Waals surface area contributed by atoms with E-state index in [1.54, 1.807) is 25.8 Å². The zero-order valence-electron chi connectivity index (χ0n) is 13.0. The van der Waals surface area contributed by atoms with Gasteiger partial charge >= 0.3 is 0 Å². The summed E-state index contributed by atoms with van der Waals surface area (Å²) in [6.45, 7) is 2.22. The SMILES string of the molecule is CN(CC1CN(c2ncnc3cnccc23)C1)S(=O)(=O)C1CC1. The van der Waals surface area contributed by atoms with Gasteiger partial charge in [0.2, 0.25) is 10.0 Å². The van der Waals surface area contributed by atoms with Crippen LogP contribution in [0.2, 0.25) is 0 Å². The highest BCUT2D eigenvalue weighted by molar-refractivity contribution is 7.90. The van der Waals surface area contributed by atoms with Crippen molar-refractivity contribution in [2.24, 2.45) is 5.92 Å². The van der Waals surface area contributed by atoms with Gasteiger partial charge in [0.15, 0.2) is 0 Å². The maximum Gasteiger partial charge on any atom is 0.216 e. The second kappa shape index (κ2) is 5.38. The lowest BCUT2D eigenvalue weighted by atomic mass is 10.00. The molecular formula is C15H19N5O2S. The molecule has 7 nitrogen and oxygen atoms in total. The van der Waals surface area contributed by atoms with E-state index in [1.807, 2.05) is 6.07 Å². The average Bonchev–Trinajstić information content (AvgIpc) is 3.35. The second-order valence-corrected chi connectivity index (χ2v) is 8.71. The molecule has 0 spiro atoms. The van der Waals surface area contributed by atoms with Crippen LogP contribution in [-0.4, -0.2) is 59.6 Å². The number of hydrogen-bond donors (Lipinski definition) is 0. The van der Waals surface area contributed by atoms with Crippen LogP contribution in [0.4, 0.5) is 5.82 Å². The summed E-state index contributed by atoms with van der Waals surface area (Å²) in [5.41, 5.74) is 0.828. The Kier molecular flexibility index (Phi) is 3.46. The number of fused-ring (bicyclic) bond motifs is 1. The number of aromatic nitrogens is 3. The van der Waals surface area contributed by atoms with Gasteiger partial charge in [-0.1, -0.05) is 0 Å². The first kappa shape index (κ1) is 14.8. The molecule has 0 bridgehead atoms. The summed E-state index contributed by atoms with van der Waals surface area (Å²) < 4.78 is 25.9. The Morgan fingerprint density at radius 2 is 2.09 bits per heavy atom. The standard InChI is InChI=1S/C15H19N5O2S/c1-19(23(21,22)12-2-3-12)7-11-8-20(9-11)15-13-4-5-16-6-14(13)17-10-18-15/h4-6,10-12H,2-3,7-9H2,1H3. The second-order valence-electron chi connectivity index (χ2n) is 6.39. The van der Waals surface area contributed by atoms with E-state index in [9.17, 15) is 8.42 Å². The summed E-state index contributed by atoms with van der Waals surface area (Å²) in [5, 5.41) is 0.849. The fraction of sp³-hybridized carbons (Fsp3) is 0.533. The topological polar surface area (TPSA) is 79.3 Å². The molecule has 0 unspecified atom stereocenters. The van der Waals surface area contributed by atoms with E-state index in [4.69, 9.17) is 0 Å². The van der Waals surface area contributed by atoms with Crippen LogP contribution in [0.5, 0.6) is 0 Å². The van der Waals surface area contributed by atoms with E-state index in [0.717, 1.165) is 42.7 Å². The molecule has 2 aromatic heterocycles. The number of rotatable bonds is 5. The molecule has 0 aromatic carbocycles. The maximum atomic E-state index is 12.2. The van der Waals surface area contributed by atoms with Crippen LogP contribution in [0, 0.1) is 5.92 Å². The summed E-state index contributed by atoms with van der Waals surface area (Å²) in [7, 11) is -1.38. The minimum atomic E-state index is -3.07. The van der Waals surface area contributed by atoms with Gasteiger partial charge in [-0.05, 0) is 18.9 Å². The molecule has 1 aliphatic heterocycles. The van der Waals surface area contributed by atoms with Crippen molar-refractivity contribution in [3.63, 3.8) is 0 Å². The number of anilines is 1. The Hall–Kier alpha value is -1.80. The molecule has 0 atom stereocenters. The van der Waals surface area contributed by atoms with Gasteiger partial charge in [-0.25, -0.2) is 22.7 Å². The van der Waals surface area contributed by atoms with Crippen molar-refractivity contribution in [1.82, 2.24) is 19.3 Å². The zero-order valence-corrected chi connectivity index (χ0v) is 13.8. The lowest BCUT2D eigenvalue weighted by Crippen LogP contribution is -2.52. The fourth-order valence-corrected chi connectivity index (χ4v) is 4.75. The van der Waals surface area contributed by atoms with Crippen LogP contribution in [0.3, 0.4) is 0 Å². The Balaban J connectivity index is 1.43. The van der Waals surface area contributed by atoms with Crippen LogP contribution in [0.25, 0.3) is 10.9 Å². The van der Waals surface area contributed by atoms with Crippen molar-refractivity contribution >= 4 is 26.7 Å². The molecule has 2 aliphatic rings. The summed E-state index contributed by atoms with van der Waals surface area (Å²) in [6.07, 6.45) is 6.64. The minimum absolute atomic E-state index is 0.137. The van der Waals surface area contributed by atoms with Gasteiger partial charge in [-0.3, -0.25) is 4.98 Å². The van der Waals surface area contributed by atoms with Crippen molar-refractivity contribution in [2.45, 2.75) is 18.1 Å². The summed E-state index contributed by atoms with van der Waals surface area (Å²) in [6, 6.07) is 1.92. The number of pyridine rings is 1. The molecule has 1 saturated heterocycles. The smallest absolute Gasteiger partial charge is 0.216 e. The van der Waals surface area contributed by atoms with Crippen LogP contribution >= 0.6 is 0 Å². The highest BCUT2D eigenvalue weighted by Crippen LogP contribution is 2.32. The summed E-state index contributed by atoms with van der Waals surface area (Å²) in [4.78, 5) is 14.9. The molecule has 3 heterocycles. The van der Waals surface area contributed by atoms with Gasteiger partial charge in [0, 0.05) is 44.2 Å². The number of hydrogen-bond acceptors (Lipinski definition) is 6. The largest absolute Gasteiger partial charge is 0.355 e. The van der Waals surface area contributed by atoms with E-state index in [2.05, 4.69) is 19.9 Å². The first-order valence-electron chi connectivity index (χ1n) is 7.80. The predicted molar refractivity (Wildman–Crippen MR) is 87.6 cm³/mol. The maximum absolute atomic E-state index is 12.2. The van der Waals surface area contributed by atoms with Crippen LogP contribution < -0.4 is 4.90 Å². The van der Waals surface area contributed by atoms with Crippen molar-refractivity contribution in [3.05, 3.63) is 24.8 Å². The first-order chi connectivity index (χ1) is 11.1. The summed E-state index contributed by atoms with van der Waals surface area (Å²) in [5.74, 6) is 1.25. The molecule has 0 radical (unpaired) electrons. The molecule has 4 rings (SSSR count). The minimum Gasteiger partial charge on any atom is -0.355 e. The predicted octanol–water partition coefficient (Wildman–Crippen LogP) is 0.885. The van der Waals surface area contributed by atoms with Crippen molar-refractivity contribution in [1.29, 1.82) is 0 Å². The highest BCUT2D eigenvalue weighted by Gasteiger charge is 2.40. The van der Waals surface area contributed by atoms with Gasteiger partial charge in [0.05, 0.1) is 17.0 Å². The van der Waals surface area contributed by atoms with Gasteiger partial charge in [-0.2, -0.15) is 0 Å². The van der Waals surface area contributed by atoms with Crippen LogP contribution in [-0.2, 0) is 10.0 Å². The molecule has 2 fully saturated rings. The molecule has 122 valence electrons. The van der Waals surface area contributed by atoms with Gasteiger partial charge in [-0.15, -0.1) is 0 Å². The third-order valence-corrected chi connectivity index (χ3v) is 6.90. The average molecular weight is 333 g/mol. The van der Waals surface area contributed by atoms with E-state index in [-0.39, 0.29) is 5.25 Å². The fourth-order valence-electron chi connectivity index (χ4n) is 3.09. The van der Waals surface area contributed by atoms with Crippen LogP contribution in [0.15, 0.2) is 24.8 Å². The summed E-state index contributed by atoms with van der Waals surface area (Å²) >= 11 is 0. The van der Waals surface area contributed by atoms with Gasteiger partial charge in [0.25, 0.3) is 0 Å². The number of sulfonamides is 1. The molecular weight excluding hydrogens is 314 g/mol. The Morgan fingerprint density at radius 3 is 2.83 bits per heavy atom. The third kappa shape index (κ3) is 2.66. The molecule has 0 N–H and O–H groups in total. The molecule has 23 heavy (non-hydrogen) atoms. The number of nitrogens with zero attached hydrogens (tertiary/aromatic N) is 5. The third-order valence-electron chi connectivity index (χ3n) is 4.57. The van der Waals surface area contributed by atoms with Crippen molar-refractivity contribution < 1.29 is 8.42 Å². The Bertz CT molecular complexity index is 825. The molecule has 1 saturated carbocycles.